The van der Waals surface area contributed by atoms with Crippen LogP contribution in [0.25, 0.3) is 6.08 Å². The van der Waals surface area contributed by atoms with Gasteiger partial charge in [0.1, 0.15) is 11.4 Å². The summed E-state index contributed by atoms with van der Waals surface area (Å²) in [7, 11) is 1.57. The first kappa shape index (κ1) is 22.0. The Bertz CT molecular complexity index is 1230. The van der Waals surface area contributed by atoms with E-state index in [2.05, 4.69) is 10.6 Å². The minimum absolute atomic E-state index is 0.0907. The Kier molecular flexibility index (Phi) is 6.31. The quantitative estimate of drug-likeness (QED) is 0.549. The molecule has 0 aliphatic carbocycles. The maximum Gasteiger partial charge on any atom is 0.272 e. The molecule has 0 aromatic heterocycles. The minimum atomic E-state index is -0.463. The van der Waals surface area contributed by atoms with Crippen LogP contribution in [0.5, 0.6) is 17.2 Å². The zero-order valence-corrected chi connectivity index (χ0v) is 18.6. The van der Waals surface area contributed by atoms with Crippen molar-refractivity contribution in [2.24, 2.45) is 0 Å². The molecular formula is C26H24N2O5. The van der Waals surface area contributed by atoms with Crippen LogP contribution in [0.15, 0.2) is 66.4 Å². The van der Waals surface area contributed by atoms with Crippen molar-refractivity contribution in [2.75, 3.05) is 19.2 Å². The third kappa shape index (κ3) is 5.15. The number of hydrogen-bond acceptors (Lipinski definition) is 5. The van der Waals surface area contributed by atoms with Crippen molar-refractivity contribution in [1.82, 2.24) is 5.32 Å². The molecule has 4 rings (SSSR count). The molecule has 1 aliphatic rings. The van der Waals surface area contributed by atoms with Crippen LogP contribution in [0.4, 0.5) is 5.69 Å². The summed E-state index contributed by atoms with van der Waals surface area (Å²) in [6.45, 7) is 4.06. The molecule has 3 aromatic carbocycles. The monoisotopic (exact) mass is 444 g/mol. The Balaban J connectivity index is 1.62. The average molecular weight is 444 g/mol. The third-order valence-corrected chi connectivity index (χ3v) is 5.32. The molecule has 0 bridgehead atoms. The number of carbonyl (C=O) groups is 2. The molecule has 1 heterocycles. The predicted octanol–water partition coefficient (Wildman–Crippen LogP) is 4.45. The van der Waals surface area contributed by atoms with Gasteiger partial charge < -0.3 is 24.8 Å². The van der Waals surface area contributed by atoms with Gasteiger partial charge in [-0.15, -0.1) is 0 Å². The Morgan fingerprint density at radius 3 is 2.39 bits per heavy atom. The van der Waals surface area contributed by atoms with Gasteiger partial charge in [-0.1, -0.05) is 12.1 Å². The summed E-state index contributed by atoms with van der Waals surface area (Å²) in [6.07, 6.45) is 1.60. The van der Waals surface area contributed by atoms with Gasteiger partial charge in [-0.2, -0.15) is 0 Å². The highest BCUT2D eigenvalue weighted by Crippen LogP contribution is 2.33. The number of aryl methyl sites for hydroxylation is 2. The first-order valence-corrected chi connectivity index (χ1v) is 10.4. The van der Waals surface area contributed by atoms with Crippen LogP contribution in [0.3, 0.4) is 0 Å². The Morgan fingerprint density at radius 1 is 0.909 bits per heavy atom. The predicted molar refractivity (Wildman–Crippen MR) is 126 cm³/mol. The van der Waals surface area contributed by atoms with Crippen LogP contribution in [0, 0.1) is 13.8 Å². The highest BCUT2D eigenvalue weighted by Gasteiger charge is 2.17. The molecule has 0 saturated carbocycles. The summed E-state index contributed by atoms with van der Waals surface area (Å²) in [5.41, 5.74) is 3.88. The first-order valence-electron chi connectivity index (χ1n) is 10.4. The summed E-state index contributed by atoms with van der Waals surface area (Å²) in [5, 5.41) is 5.56. The van der Waals surface area contributed by atoms with E-state index in [4.69, 9.17) is 14.2 Å². The van der Waals surface area contributed by atoms with Crippen molar-refractivity contribution in [3.63, 3.8) is 0 Å². The van der Waals surface area contributed by atoms with Gasteiger partial charge in [0.05, 0.1) is 7.11 Å². The fourth-order valence-electron chi connectivity index (χ4n) is 3.28. The smallest absolute Gasteiger partial charge is 0.272 e. The second-order valence-corrected chi connectivity index (χ2v) is 7.61. The lowest BCUT2D eigenvalue weighted by molar-refractivity contribution is -0.113. The van der Waals surface area contributed by atoms with Crippen LogP contribution in [0.1, 0.15) is 27.0 Å². The second-order valence-electron chi connectivity index (χ2n) is 7.61. The Hall–Kier alpha value is -4.26. The van der Waals surface area contributed by atoms with E-state index in [9.17, 15) is 9.59 Å². The largest absolute Gasteiger partial charge is 0.497 e. The highest BCUT2D eigenvalue weighted by molar-refractivity contribution is 6.10. The van der Waals surface area contributed by atoms with E-state index >= 15 is 0 Å². The van der Waals surface area contributed by atoms with E-state index in [0.29, 0.717) is 34.1 Å². The van der Waals surface area contributed by atoms with Gasteiger partial charge in [0.15, 0.2) is 11.5 Å². The van der Waals surface area contributed by atoms with Gasteiger partial charge in [0, 0.05) is 11.3 Å². The molecule has 3 aromatic rings. The molecule has 2 amide bonds. The average Bonchev–Trinajstić information content (AvgIpc) is 3.28. The van der Waals surface area contributed by atoms with E-state index in [1.807, 2.05) is 19.9 Å². The van der Waals surface area contributed by atoms with Crippen molar-refractivity contribution >= 4 is 23.6 Å². The molecule has 33 heavy (non-hydrogen) atoms. The molecule has 7 heteroatoms. The van der Waals surface area contributed by atoms with E-state index < -0.39 is 5.91 Å². The molecule has 0 fully saturated rings. The SMILES string of the molecule is COc1ccc(NC(=O)C(=Cc2ccc3c(c2)OCO3)NC(=O)c2ccc(C)c(C)c2)cc1. The molecule has 0 saturated heterocycles. The van der Waals surface area contributed by atoms with E-state index in [0.717, 1.165) is 11.1 Å². The molecule has 0 radical (unpaired) electrons. The van der Waals surface area contributed by atoms with Gasteiger partial charge in [0.25, 0.3) is 11.8 Å². The summed E-state index contributed by atoms with van der Waals surface area (Å²) in [4.78, 5) is 26.1. The summed E-state index contributed by atoms with van der Waals surface area (Å²) in [5.74, 6) is 1.05. The maximum absolute atomic E-state index is 13.1. The Labute approximate surface area is 192 Å². The van der Waals surface area contributed by atoms with Gasteiger partial charge in [-0.25, -0.2) is 0 Å². The summed E-state index contributed by atoms with van der Waals surface area (Å²) >= 11 is 0. The minimum Gasteiger partial charge on any atom is -0.497 e. The van der Waals surface area contributed by atoms with Gasteiger partial charge in [0.2, 0.25) is 6.79 Å². The number of ether oxygens (including phenoxy) is 3. The number of rotatable bonds is 6. The third-order valence-electron chi connectivity index (χ3n) is 5.32. The van der Waals surface area contributed by atoms with Crippen LogP contribution in [0.2, 0.25) is 0 Å². The highest BCUT2D eigenvalue weighted by atomic mass is 16.7. The number of benzene rings is 3. The normalized spacial score (nSPS) is 12.3. The zero-order valence-electron chi connectivity index (χ0n) is 18.6. The standard InChI is InChI=1S/C26H24N2O5/c1-16-4-6-19(12-17(16)2)25(29)28-22(13-18-5-11-23-24(14-18)33-15-32-23)26(30)27-20-7-9-21(31-3)10-8-20/h4-14H,15H2,1-3H3,(H,27,30)(H,28,29). The lowest BCUT2D eigenvalue weighted by Gasteiger charge is -2.12. The maximum atomic E-state index is 13.1. The van der Waals surface area contributed by atoms with Crippen LogP contribution >= 0.6 is 0 Å². The molecule has 2 N–H and O–H groups in total. The lowest BCUT2D eigenvalue weighted by atomic mass is 10.1. The topological polar surface area (TPSA) is 85.9 Å². The van der Waals surface area contributed by atoms with Crippen LogP contribution in [-0.4, -0.2) is 25.7 Å². The van der Waals surface area contributed by atoms with Crippen molar-refractivity contribution in [2.45, 2.75) is 13.8 Å². The van der Waals surface area contributed by atoms with Gasteiger partial charge in [-0.3, -0.25) is 9.59 Å². The number of carbonyl (C=O) groups excluding carboxylic acids is 2. The number of amides is 2. The van der Waals surface area contributed by atoms with E-state index in [1.165, 1.54) is 0 Å². The van der Waals surface area contributed by atoms with Crippen molar-refractivity contribution in [3.05, 3.63) is 88.6 Å². The lowest BCUT2D eigenvalue weighted by Crippen LogP contribution is -2.30. The number of anilines is 1. The van der Waals surface area contributed by atoms with Gasteiger partial charge >= 0.3 is 0 Å². The molecule has 0 unspecified atom stereocenters. The molecule has 0 atom stereocenters. The number of methoxy groups -OCH3 is 1. The van der Waals surface area contributed by atoms with Gasteiger partial charge in [-0.05, 0) is 85.1 Å². The second kappa shape index (κ2) is 9.48. The number of nitrogens with one attached hydrogen (secondary N) is 2. The fraction of sp³-hybridized carbons (Fsp3) is 0.154. The summed E-state index contributed by atoms with van der Waals surface area (Å²) in [6, 6.07) is 17.6. The van der Waals surface area contributed by atoms with E-state index in [1.54, 1.807) is 67.8 Å². The van der Waals surface area contributed by atoms with Crippen molar-refractivity contribution < 1.29 is 23.8 Å². The summed E-state index contributed by atoms with van der Waals surface area (Å²) < 4.78 is 15.9. The van der Waals surface area contributed by atoms with E-state index in [-0.39, 0.29) is 18.4 Å². The van der Waals surface area contributed by atoms with Crippen molar-refractivity contribution in [3.8, 4) is 17.2 Å². The van der Waals surface area contributed by atoms with Crippen LogP contribution in [-0.2, 0) is 4.79 Å². The molecule has 1 aliphatic heterocycles. The zero-order chi connectivity index (χ0) is 23.4. The molecule has 0 spiro atoms. The number of hydrogen-bond donors (Lipinski definition) is 2. The van der Waals surface area contributed by atoms with Crippen LogP contribution < -0.4 is 24.8 Å². The fourth-order valence-corrected chi connectivity index (χ4v) is 3.28. The first-order chi connectivity index (χ1) is 15.9. The van der Waals surface area contributed by atoms with Crippen molar-refractivity contribution in [1.29, 1.82) is 0 Å². The molecular weight excluding hydrogens is 420 g/mol. The number of fused-ring (bicyclic) bond motifs is 1. The molecule has 7 nitrogen and oxygen atoms in total. The Morgan fingerprint density at radius 2 is 1.67 bits per heavy atom. The molecule has 168 valence electrons.